The van der Waals surface area contributed by atoms with Crippen LogP contribution in [-0.4, -0.2) is 8.42 Å². The van der Waals surface area contributed by atoms with Crippen LogP contribution in [0.5, 0.6) is 0 Å². The zero-order chi connectivity index (χ0) is 11.6. The molecule has 0 unspecified atom stereocenters. The van der Waals surface area contributed by atoms with Crippen molar-refractivity contribution in [2.24, 2.45) is 5.73 Å². The Bertz CT molecular complexity index is 536. The maximum atomic E-state index is 13.2. The monoisotopic (exact) mass is 248 g/mol. The van der Waals surface area contributed by atoms with Crippen molar-refractivity contribution < 1.29 is 12.8 Å². The number of nitrogens with two attached hydrogens (primary N) is 1. The van der Waals surface area contributed by atoms with Crippen molar-refractivity contribution in [3.05, 3.63) is 29.1 Å². The van der Waals surface area contributed by atoms with Gasteiger partial charge in [-0.15, -0.1) is 0 Å². The summed E-state index contributed by atoms with van der Waals surface area (Å²) in [6.07, 6.45) is 0. The highest BCUT2D eigenvalue weighted by atomic mass is 35.7. The van der Waals surface area contributed by atoms with E-state index in [1.165, 1.54) is 0 Å². The molecule has 0 fully saturated rings. The SMILES string of the molecule is N#Cc1ccc(F)c(CN)c1S(=O)(=O)Cl. The molecule has 0 aliphatic heterocycles. The zero-order valence-electron chi connectivity index (χ0n) is 7.37. The number of nitrogens with zero attached hydrogens (tertiary/aromatic N) is 1. The van der Waals surface area contributed by atoms with Gasteiger partial charge in [-0.05, 0) is 12.1 Å². The van der Waals surface area contributed by atoms with Crippen molar-refractivity contribution in [3.8, 4) is 6.07 Å². The molecule has 1 aromatic carbocycles. The molecule has 2 N–H and O–H groups in total. The predicted molar refractivity (Wildman–Crippen MR) is 52.0 cm³/mol. The Hall–Kier alpha value is -1.16. The molecule has 0 radical (unpaired) electrons. The van der Waals surface area contributed by atoms with Gasteiger partial charge in [0.2, 0.25) is 0 Å². The molecule has 4 nitrogen and oxygen atoms in total. The van der Waals surface area contributed by atoms with Gasteiger partial charge in [0.05, 0.1) is 5.56 Å². The number of nitriles is 1. The Labute approximate surface area is 90.5 Å². The van der Waals surface area contributed by atoms with Crippen LogP contribution in [0, 0.1) is 17.1 Å². The second kappa shape index (κ2) is 4.14. The van der Waals surface area contributed by atoms with E-state index in [4.69, 9.17) is 21.7 Å². The molecule has 0 spiro atoms. The fourth-order valence-electron chi connectivity index (χ4n) is 1.16. The smallest absolute Gasteiger partial charge is 0.263 e. The molecule has 0 heterocycles. The summed E-state index contributed by atoms with van der Waals surface area (Å²) in [5.74, 6) is -0.796. The number of halogens is 2. The normalized spacial score (nSPS) is 11.1. The highest BCUT2D eigenvalue weighted by molar-refractivity contribution is 8.13. The number of benzene rings is 1. The van der Waals surface area contributed by atoms with Gasteiger partial charge < -0.3 is 5.73 Å². The lowest BCUT2D eigenvalue weighted by Gasteiger charge is -2.07. The van der Waals surface area contributed by atoms with Gasteiger partial charge in [0, 0.05) is 22.8 Å². The van der Waals surface area contributed by atoms with Crippen molar-refractivity contribution in [2.45, 2.75) is 11.4 Å². The molecule has 80 valence electrons. The molecule has 0 saturated heterocycles. The third-order valence-corrected chi connectivity index (χ3v) is 3.19. The van der Waals surface area contributed by atoms with Crippen LogP contribution < -0.4 is 5.73 Å². The Morgan fingerprint density at radius 3 is 2.53 bits per heavy atom. The molecular weight excluding hydrogens is 243 g/mol. The van der Waals surface area contributed by atoms with Gasteiger partial charge in [-0.25, -0.2) is 12.8 Å². The lowest BCUT2D eigenvalue weighted by atomic mass is 10.1. The summed E-state index contributed by atoms with van der Waals surface area (Å²) in [5, 5.41) is 8.66. The largest absolute Gasteiger partial charge is 0.326 e. The molecular formula is C8H6ClFN2O2S. The summed E-state index contributed by atoms with van der Waals surface area (Å²) < 4.78 is 35.5. The fourth-order valence-corrected chi connectivity index (χ4v) is 2.54. The first-order valence-corrected chi connectivity index (χ1v) is 6.09. The highest BCUT2D eigenvalue weighted by Crippen LogP contribution is 2.25. The van der Waals surface area contributed by atoms with Gasteiger partial charge in [-0.3, -0.25) is 0 Å². The van der Waals surface area contributed by atoms with Crippen molar-refractivity contribution >= 4 is 19.7 Å². The zero-order valence-corrected chi connectivity index (χ0v) is 8.94. The Balaban J connectivity index is 3.73. The molecule has 0 aliphatic rings. The first-order chi connectivity index (χ1) is 6.91. The standard InChI is InChI=1S/C8H6ClFN2O2S/c9-15(13,14)8-5(3-11)1-2-7(10)6(8)4-12/h1-2H,4,12H2. The molecule has 1 aromatic rings. The Kier molecular flexibility index (Phi) is 3.29. The minimum atomic E-state index is -4.18. The van der Waals surface area contributed by atoms with Gasteiger partial charge >= 0.3 is 0 Å². The minimum Gasteiger partial charge on any atom is -0.326 e. The minimum absolute atomic E-state index is 0.216. The van der Waals surface area contributed by atoms with E-state index in [9.17, 15) is 12.8 Å². The number of rotatable bonds is 2. The third kappa shape index (κ3) is 2.26. The average molecular weight is 249 g/mol. The number of hydrogen-bond acceptors (Lipinski definition) is 4. The van der Waals surface area contributed by atoms with Crippen LogP contribution in [0.1, 0.15) is 11.1 Å². The third-order valence-electron chi connectivity index (χ3n) is 1.77. The fraction of sp³-hybridized carbons (Fsp3) is 0.125. The molecule has 0 atom stereocenters. The first kappa shape index (κ1) is 11.9. The Morgan fingerprint density at radius 2 is 2.13 bits per heavy atom. The van der Waals surface area contributed by atoms with E-state index in [2.05, 4.69) is 0 Å². The second-order valence-electron chi connectivity index (χ2n) is 2.66. The molecule has 0 aliphatic carbocycles. The first-order valence-electron chi connectivity index (χ1n) is 3.78. The van der Waals surface area contributed by atoms with Crippen molar-refractivity contribution in [1.82, 2.24) is 0 Å². The van der Waals surface area contributed by atoms with Crippen molar-refractivity contribution in [3.63, 3.8) is 0 Å². The van der Waals surface area contributed by atoms with Gasteiger partial charge in [0.25, 0.3) is 9.05 Å². The highest BCUT2D eigenvalue weighted by Gasteiger charge is 2.22. The predicted octanol–water partition coefficient (Wildman–Crippen LogP) is 1.08. The molecule has 15 heavy (non-hydrogen) atoms. The maximum Gasteiger partial charge on any atom is 0.263 e. The van der Waals surface area contributed by atoms with E-state index in [1.807, 2.05) is 0 Å². The van der Waals surface area contributed by atoms with Crippen LogP contribution >= 0.6 is 10.7 Å². The summed E-state index contributed by atoms with van der Waals surface area (Å²) in [5.41, 5.74) is 4.71. The molecule has 7 heteroatoms. The molecule has 0 bridgehead atoms. The van der Waals surface area contributed by atoms with E-state index >= 15 is 0 Å². The van der Waals surface area contributed by atoms with Gasteiger partial charge in [0.15, 0.2) is 0 Å². The summed E-state index contributed by atoms with van der Waals surface area (Å²) in [6, 6.07) is 3.64. The van der Waals surface area contributed by atoms with Gasteiger partial charge in [0.1, 0.15) is 16.8 Å². The van der Waals surface area contributed by atoms with Crippen LogP contribution in [0.25, 0.3) is 0 Å². The van der Waals surface area contributed by atoms with Gasteiger partial charge in [-0.1, -0.05) is 0 Å². The maximum absolute atomic E-state index is 13.2. The van der Waals surface area contributed by atoms with E-state index in [1.54, 1.807) is 6.07 Å². The van der Waals surface area contributed by atoms with Crippen LogP contribution in [-0.2, 0) is 15.6 Å². The average Bonchev–Trinajstić information content (AvgIpc) is 2.15. The van der Waals surface area contributed by atoms with Crippen molar-refractivity contribution in [1.29, 1.82) is 5.26 Å². The summed E-state index contributed by atoms with van der Waals surface area (Å²) in [6.45, 7) is -0.345. The molecule has 0 saturated carbocycles. The quantitative estimate of drug-likeness (QED) is 0.794. The van der Waals surface area contributed by atoms with Crippen LogP contribution in [0.2, 0.25) is 0 Å². The summed E-state index contributed by atoms with van der Waals surface area (Å²) in [7, 11) is 0.916. The van der Waals surface area contributed by atoms with Gasteiger partial charge in [-0.2, -0.15) is 5.26 Å². The summed E-state index contributed by atoms with van der Waals surface area (Å²) in [4.78, 5) is -0.547. The molecule has 0 amide bonds. The van der Waals surface area contributed by atoms with E-state index < -0.39 is 19.8 Å². The topological polar surface area (TPSA) is 83.9 Å². The van der Waals surface area contributed by atoms with Crippen LogP contribution in [0.15, 0.2) is 17.0 Å². The lowest BCUT2D eigenvalue weighted by Crippen LogP contribution is -2.09. The van der Waals surface area contributed by atoms with Crippen LogP contribution in [0.3, 0.4) is 0 Å². The van der Waals surface area contributed by atoms with E-state index in [-0.39, 0.29) is 17.7 Å². The van der Waals surface area contributed by atoms with E-state index in [0.29, 0.717) is 0 Å². The second-order valence-corrected chi connectivity index (χ2v) is 5.16. The van der Waals surface area contributed by atoms with E-state index in [0.717, 1.165) is 12.1 Å². The van der Waals surface area contributed by atoms with Crippen LogP contribution in [0.4, 0.5) is 4.39 Å². The molecule has 1 rings (SSSR count). The van der Waals surface area contributed by atoms with Crippen molar-refractivity contribution in [2.75, 3.05) is 0 Å². The Morgan fingerprint density at radius 1 is 1.53 bits per heavy atom. The number of hydrogen-bond donors (Lipinski definition) is 1. The molecule has 0 aromatic heterocycles. The summed E-state index contributed by atoms with van der Waals surface area (Å²) >= 11 is 0. The lowest BCUT2D eigenvalue weighted by molar-refractivity contribution is 0.589.